The molecule has 1 unspecified atom stereocenters. The summed E-state index contributed by atoms with van der Waals surface area (Å²) in [5.41, 5.74) is -0.00637. The Morgan fingerprint density at radius 2 is 1.74 bits per heavy atom. The first-order valence-electron chi connectivity index (χ1n) is 7.30. The highest BCUT2D eigenvalue weighted by molar-refractivity contribution is 5.65. The number of rotatable bonds is 8. The van der Waals surface area contributed by atoms with E-state index in [1.54, 1.807) is 0 Å². The lowest BCUT2D eigenvalue weighted by Gasteiger charge is -2.34. The molecule has 0 bridgehead atoms. The van der Waals surface area contributed by atoms with E-state index in [2.05, 4.69) is 38.3 Å². The van der Waals surface area contributed by atoms with Gasteiger partial charge in [-0.2, -0.15) is 0 Å². The van der Waals surface area contributed by atoms with Crippen molar-refractivity contribution in [2.45, 2.75) is 66.3 Å². The van der Waals surface area contributed by atoms with Gasteiger partial charge in [-0.3, -0.25) is 0 Å². The molecular formula is C15H32N2O2. The molecular weight excluding hydrogens is 240 g/mol. The van der Waals surface area contributed by atoms with E-state index in [4.69, 9.17) is 5.11 Å². The summed E-state index contributed by atoms with van der Waals surface area (Å²) >= 11 is 0. The van der Waals surface area contributed by atoms with E-state index >= 15 is 0 Å². The van der Waals surface area contributed by atoms with E-state index in [1.165, 1.54) is 0 Å². The second-order valence-electron chi connectivity index (χ2n) is 7.11. The highest BCUT2D eigenvalue weighted by Gasteiger charge is 2.29. The lowest BCUT2D eigenvalue weighted by molar-refractivity contribution is 0.163. The Morgan fingerprint density at radius 1 is 1.16 bits per heavy atom. The average molecular weight is 272 g/mol. The molecule has 1 atom stereocenters. The van der Waals surface area contributed by atoms with Crippen molar-refractivity contribution in [1.29, 1.82) is 0 Å². The van der Waals surface area contributed by atoms with Crippen LogP contribution in [-0.2, 0) is 0 Å². The van der Waals surface area contributed by atoms with Crippen LogP contribution in [0.15, 0.2) is 0 Å². The maximum absolute atomic E-state index is 10.8. The molecule has 0 aliphatic carbocycles. The molecule has 114 valence electrons. The molecule has 0 aromatic heterocycles. The average Bonchev–Trinajstić information content (AvgIpc) is 2.19. The molecule has 4 nitrogen and oxygen atoms in total. The van der Waals surface area contributed by atoms with Crippen molar-refractivity contribution >= 4 is 6.09 Å². The first-order valence-corrected chi connectivity index (χ1v) is 7.30. The van der Waals surface area contributed by atoms with Crippen molar-refractivity contribution in [3.8, 4) is 0 Å². The first kappa shape index (κ1) is 18.2. The molecule has 1 amide bonds. The van der Waals surface area contributed by atoms with Crippen LogP contribution in [-0.4, -0.2) is 29.8 Å². The van der Waals surface area contributed by atoms with Crippen molar-refractivity contribution in [2.24, 2.45) is 11.3 Å². The number of hydrogen-bond donors (Lipinski definition) is 3. The number of carbonyl (C=O) groups is 1. The predicted octanol–water partition coefficient (Wildman–Crippen LogP) is 3.47. The Labute approximate surface area is 118 Å². The highest BCUT2D eigenvalue weighted by atomic mass is 16.4. The Kier molecular flexibility index (Phi) is 7.42. The molecule has 0 radical (unpaired) electrons. The standard InChI is InChI=1S/C15H32N2O2/c1-7-12(15(5,6)17-13(18)19)8-10-16-11-9-14(2,3)4/h12,16-17H,7-11H2,1-6H3,(H,18,19). The molecule has 0 rings (SSSR count). The fourth-order valence-corrected chi connectivity index (χ4v) is 2.32. The topological polar surface area (TPSA) is 61.4 Å². The third-order valence-corrected chi connectivity index (χ3v) is 3.66. The summed E-state index contributed by atoms with van der Waals surface area (Å²) < 4.78 is 0. The van der Waals surface area contributed by atoms with Gasteiger partial charge in [0.15, 0.2) is 0 Å². The van der Waals surface area contributed by atoms with E-state index in [1.807, 2.05) is 13.8 Å². The number of carboxylic acid groups (broad SMARTS) is 1. The smallest absolute Gasteiger partial charge is 0.405 e. The van der Waals surface area contributed by atoms with Crippen LogP contribution in [0.25, 0.3) is 0 Å². The quantitative estimate of drug-likeness (QED) is 0.593. The Morgan fingerprint density at radius 3 is 2.16 bits per heavy atom. The lowest BCUT2D eigenvalue weighted by Crippen LogP contribution is -2.49. The van der Waals surface area contributed by atoms with Gasteiger partial charge in [-0.05, 0) is 51.1 Å². The zero-order chi connectivity index (χ0) is 15.1. The zero-order valence-electron chi connectivity index (χ0n) is 13.5. The normalized spacial score (nSPS) is 14.2. The maximum atomic E-state index is 10.8. The van der Waals surface area contributed by atoms with E-state index in [-0.39, 0.29) is 5.54 Å². The number of amides is 1. The highest BCUT2D eigenvalue weighted by Crippen LogP contribution is 2.23. The second kappa shape index (κ2) is 7.73. The number of hydrogen-bond acceptors (Lipinski definition) is 2. The molecule has 3 N–H and O–H groups in total. The predicted molar refractivity (Wildman–Crippen MR) is 80.6 cm³/mol. The van der Waals surface area contributed by atoms with Crippen LogP contribution in [0.1, 0.15) is 60.8 Å². The summed E-state index contributed by atoms with van der Waals surface area (Å²) in [5, 5.41) is 14.9. The summed E-state index contributed by atoms with van der Waals surface area (Å²) in [7, 11) is 0. The summed E-state index contributed by atoms with van der Waals surface area (Å²) in [6, 6.07) is 0. The van der Waals surface area contributed by atoms with Crippen LogP contribution in [0, 0.1) is 11.3 Å². The van der Waals surface area contributed by atoms with Crippen LogP contribution < -0.4 is 10.6 Å². The molecule has 0 heterocycles. The van der Waals surface area contributed by atoms with Gasteiger partial charge in [-0.1, -0.05) is 34.1 Å². The van der Waals surface area contributed by atoms with Gasteiger partial charge >= 0.3 is 6.09 Å². The van der Waals surface area contributed by atoms with E-state index < -0.39 is 6.09 Å². The fourth-order valence-electron chi connectivity index (χ4n) is 2.32. The SMILES string of the molecule is CCC(CCNCCC(C)(C)C)C(C)(C)NC(=O)O. The summed E-state index contributed by atoms with van der Waals surface area (Å²) in [4.78, 5) is 10.8. The van der Waals surface area contributed by atoms with Crippen LogP contribution >= 0.6 is 0 Å². The minimum Gasteiger partial charge on any atom is -0.465 e. The van der Waals surface area contributed by atoms with Crippen LogP contribution in [0.3, 0.4) is 0 Å². The van der Waals surface area contributed by atoms with Gasteiger partial charge in [0, 0.05) is 5.54 Å². The molecule has 4 heteroatoms. The van der Waals surface area contributed by atoms with Crippen LogP contribution in [0.2, 0.25) is 0 Å². The van der Waals surface area contributed by atoms with Crippen LogP contribution in [0.4, 0.5) is 4.79 Å². The lowest BCUT2D eigenvalue weighted by atomic mass is 9.83. The van der Waals surface area contributed by atoms with Gasteiger partial charge in [0.1, 0.15) is 0 Å². The van der Waals surface area contributed by atoms with Gasteiger partial charge in [0.05, 0.1) is 0 Å². The van der Waals surface area contributed by atoms with E-state index in [0.717, 1.165) is 32.4 Å². The Bertz CT molecular complexity index is 270. The van der Waals surface area contributed by atoms with E-state index in [9.17, 15) is 4.79 Å². The van der Waals surface area contributed by atoms with Gasteiger partial charge in [0.2, 0.25) is 0 Å². The summed E-state index contributed by atoms with van der Waals surface area (Å²) in [6.07, 6.45) is 2.19. The molecule has 19 heavy (non-hydrogen) atoms. The van der Waals surface area contributed by atoms with Gasteiger partial charge in [0.25, 0.3) is 0 Å². The Hall–Kier alpha value is -0.770. The second-order valence-corrected chi connectivity index (χ2v) is 7.11. The van der Waals surface area contributed by atoms with E-state index in [0.29, 0.717) is 11.3 Å². The first-order chi connectivity index (χ1) is 8.58. The molecule has 0 saturated heterocycles. The summed E-state index contributed by atoms with van der Waals surface area (Å²) in [5.74, 6) is 0.353. The van der Waals surface area contributed by atoms with Gasteiger partial charge < -0.3 is 15.7 Å². The van der Waals surface area contributed by atoms with Gasteiger partial charge in [-0.25, -0.2) is 4.79 Å². The molecule has 0 aromatic rings. The van der Waals surface area contributed by atoms with Crippen molar-refractivity contribution in [2.75, 3.05) is 13.1 Å². The minimum atomic E-state index is -0.941. The van der Waals surface area contributed by atoms with Crippen molar-refractivity contribution in [3.05, 3.63) is 0 Å². The van der Waals surface area contributed by atoms with Crippen molar-refractivity contribution < 1.29 is 9.90 Å². The summed E-state index contributed by atoms with van der Waals surface area (Å²) in [6.45, 7) is 14.7. The zero-order valence-corrected chi connectivity index (χ0v) is 13.5. The molecule has 0 aliphatic rings. The van der Waals surface area contributed by atoms with Crippen molar-refractivity contribution in [3.63, 3.8) is 0 Å². The van der Waals surface area contributed by atoms with Crippen LogP contribution in [0.5, 0.6) is 0 Å². The third kappa shape index (κ3) is 8.87. The largest absolute Gasteiger partial charge is 0.465 e. The van der Waals surface area contributed by atoms with Gasteiger partial charge in [-0.15, -0.1) is 0 Å². The monoisotopic (exact) mass is 272 g/mol. The molecule has 0 spiro atoms. The molecule has 0 saturated carbocycles. The molecule has 0 fully saturated rings. The fraction of sp³-hybridized carbons (Fsp3) is 0.933. The molecule has 0 aliphatic heterocycles. The number of nitrogens with one attached hydrogen (secondary N) is 2. The maximum Gasteiger partial charge on any atom is 0.405 e. The van der Waals surface area contributed by atoms with Crippen molar-refractivity contribution in [1.82, 2.24) is 10.6 Å². The minimum absolute atomic E-state index is 0.353. The molecule has 0 aromatic carbocycles. The third-order valence-electron chi connectivity index (χ3n) is 3.66. The Balaban J connectivity index is 4.03.